The summed E-state index contributed by atoms with van der Waals surface area (Å²) in [5.74, 6) is -0.457. The Balaban J connectivity index is 1.58. The Morgan fingerprint density at radius 2 is 2.00 bits per heavy atom. The van der Waals surface area contributed by atoms with Gasteiger partial charge in [-0.3, -0.25) is 10.1 Å². The molecule has 0 saturated carbocycles. The third-order valence-corrected chi connectivity index (χ3v) is 5.42. The lowest BCUT2D eigenvalue weighted by molar-refractivity contribution is 0.0995. The number of halogens is 2. The van der Waals surface area contributed by atoms with Crippen LogP contribution in [0.2, 0.25) is 5.02 Å². The van der Waals surface area contributed by atoms with Gasteiger partial charge in [-0.25, -0.2) is 9.07 Å². The summed E-state index contributed by atoms with van der Waals surface area (Å²) in [6.07, 6.45) is 3.23. The lowest BCUT2D eigenvalue weighted by Gasteiger charge is -2.25. The Bertz CT molecular complexity index is 1310. The second-order valence-corrected chi connectivity index (χ2v) is 7.69. The molecule has 0 bridgehead atoms. The van der Waals surface area contributed by atoms with Crippen LogP contribution in [0.4, 0.5) is 16.3 Å². The van der Waals surface area contributed by atoms with E-state index in [2.05, 4.69) is 20.7 Å². The standard InChI is InChI=1S/C23H17ClFN5O2/c1-13-7-9-14(10-8-13)17-12-18(20-15(24)4-2-5-16(20)25)30-23(26-17)28-22(29-30)27-21(31)19-6-3-11-32-19/h2-12,18H,1H3,(H2,26,27,28,29,31). The molecule has 1 aliphatic rings. The van der Waals surface area contributed by atoms with Gasteiger partial charge in [-0.05, 0) is 42.8 Å². The van der Waals surface area contributed by atoms with Crippen LogP contribution >= 0.6 is 11.6 Å². The number of aromatic nitrogens is 3. The van der Waals surface area contributed by atoms with E-state index in [1.165, 1.54) is 23.1 Å². The molecule has 7 nitrogen and oxygen atoms in total. The number of fused-ring (bicyclic) bond motifs is 1. The summed E-state index contributed by atoms with van der Waals surface area (Å²) in [5, 5.41) is 10.5. The van der Waals surface area contributed by atoms with Gasteiger partial charge in [0.25, 0.3) is 11.9 Å². The van der Waals surface area contributed by atoms with E-state index in [1.807, 2.05) is 37.3 Å². The molecule has 0 fully saturated rings. The first-order valence-corrected chi connectivity index (χ1v) is 10.2. The number of carbonyl (C=O) groups excluding carboxylic acids is 1. The molecule has 1 unspecified atom stereocenters. The maximum atomic E-state index is 14.8. The van der Waals surface area contributed by atoms with Crippen LogP contribution in [-0.2, 0) is 0 Å². The van der Waals surface area contributed by atoms with E-state index >= 15 is 0 Å². The smallest absolute Gasteiger partial charge is 0.293 e. The van der Waals surface area contributed by atoms with Crippen molar-refractivity contribution < 1.29 is 13.6 Å². The molecule has 0 aliphatic carbocycles. The van der Waals surface area contributed by atoms with Crippen molar-refractivity contribution >= 4 is 35.1 Å². The number of hydrogen-bond acceptors (Lipinski definition) is 5. The largest absolute Gasteiger partial charge is 0.459 e. The number of nitrogens with one attached hydrogen (secondary N) is 2. The van der Waals surface area contributed by atoms with Gasteiger partial charge in [0, 0.05) is 16.3 Å². The Kier molecular flexibility index (Phi) is 4.99. The van der Waals surface area contributed by atoms with Crippen molar-refractivity contribution in [3.8, 4) is 0 Å². The van der Waals surface area contributed by atoms with Crippen LogP contribution in [0.3, 0.4) is 0 Å². The van der Waals surface area contributed by atoms with Gasteiger partial charge in [0.15, 0.2) is 5.76 Å². The van der Waals surface area contributed by atoms with E-state index in [0.717, 1.165) is 16.8 Å². The van der Waals surface area contributed by atoms with Crippen LogP contribution in [0.1, 0.15) is 33.3 Å². The van der Waals surface area contributed by atoms with Gasteiger partial charge in [0.2, 0.25) is 5.95 Å². The van der Waals surface area contributed by atoms with Crippen molar-refractivity contribution in [1.82, 2.24) is 14.8 Å². The highest BCUT2D eigenvalue weighted by atomic mass is 35.5. The summed E-state index contributed by atoms with van der Waals surface area (Å²) in [6, 6.07) is 14.9. The topological polar surface area (TPSA) is 85.0 Å². The predicted octanol–water partition coefficient (Wildman–Crippen LogP) is 5.28. The van der Waals surface area contributed by atoms with Crippen molar-refractivity contribution in [1.29, 1.82) is 0 Å². The van der Waals surface area contributed by atoms with E-state index in [0.29, 0.717) is 5.95 Å². The van der Waals surface area contributed by atoms with Crippen LogP contribution in [0.5, 0.6) is 0 Å². The molecule has 32 heavy (non-hydrogen) atoms. The minimum absolute atomic E-state index is 0.0462. The second-order valence-electron chi connectivity index (χ2n) is 7.29. The minimum atomic E-state index is -0.682. The van der Waals surface area contributed by atoms with Gasteiger partial charge in [-0.1, -0.05) is 47.5 Å². The van der Waals surface area contributed by atoms with Crippen LogP contribution in [0.25, 0.3) is 5.70 Å². The van der Waals surface area contributed by atoms with Gasteiger partial charge in [-0.2, -0.15) is 4.98 Å². The molecule has 160 valence electrons. The van der Waals surface area contributed by atoms with E-state index in [4.69, 9.17) is 16.0 Å². The zero-order valence-corrected chi connectivity index (χ0v) is 17.6. The summed E-state index contributed by atoms with van der Waals surface area (Å²) in [7, 11) is 0. The molecular weight excluding hydrogens is 433 g/mol. The molecule has 1 atom stereocenters. The quantitative estimate of drug-likeness (QED) is 0.442. The van der Waals surface area contributed by atoms with Gasteiger partial charge in [0.05, 0.1) is 6.26 Å². The van der Waals surface area contributed by atoms with Gasteiger partial charge in [0.1, 0.15) is 11.9 Å². The first kappa shape index (κ1) is 20.0. The maximum absolute atomic E-state index is 14.8. The van der Waals surface area contributed by atoms with Crippen molar-refractivity contribution in [2.75, 3.05) is 10.6 Å². The number of benzene rings is 2. The lowest BCUT2D eigenvalue weighted by atomic mass is 10.0. The van der Waals surface area contributed by atoms with Crippen molar-refractivity contribution in [3.05, 3.63) is 100 Å². The Morgan fingerprint density at radius 1 is 1.19 bits per heavy atom. The van der Waals surface area contributed by atoms with Crippen LogP contribution in [0.15, 0.2) is 71.4 Å². The van der Waals surface area contributed by atoms with E-state index < -0.39 is 17.8 Å². The molecule has 0 radical (unpaired) electrons. The van der Waals surface area contributed by atoms with Gasteiger partial charge in [-0.15, -0.1) is 5.10 Å². The Labute approximate surface area is 187 Å². The lowest BCUT2D eigenvalue weighted by Crippen LogP contribution is -2.21. The second kappa shape index (κ2) is 7.97. The molecule has 0 saturated heterocycles. The average Bonchev–Trinajstić information content (AvgIpc) is 3.44. The first-order valence-electron chi connectivity index (χ1n) is 9.81. The van der Waals surface area contributed by atoms with E-state index in [1.54, 1.807) is 18.2 Å². The van der Waals surface area contributed by atoms with Crippen LogP contribution in [-0.4, -0.2) is 20.7 Å². The summed E-state index contributed by atoms with van der Waals surface area (Å²) in [4.78, 5) is 16.7. The zero-order chi connectivity index (χ0) is 22.2. The highest BCUT2D eigenvalue weighted by molar-refractivity contribution is 6.31. The number of furan rings is 1. The molecule has 0 spiro atoms. The normalized spacial score (nSPS) is 15.0. The minimum Gasteiger partial charge on any atom is -0.459 e. The zero-order valence-electron chi connectivity index (χ0n) is 16.8. The van der Waals surface area contributed by atoms with E-state index in [-0.39, 0.29) is 22.3 Å². The Morgan fingerprint density at radius 3 is 2.72 bits per heavy atom. The molecule has 3 heterocycles. The number of carbonyl (C=O) groups is 1. The fraction of sp³-hybridized carbons (Fsp3) is 0.0870. The summed E-state index contributed by atoms with van der Waals surface area (Å²) < 4.78 is 21.4. The number of rotatable bonds is 4. The van der Waals surface area contributed by atoms with Gasteiger partial charge >= 0.3 is 0 Å². The molecule has 2 aromatic carbocycles. The summed E-state index contributed by atoms with van der Waals surface area (Å²) >= 11 is 6.37. The van der Waals surface area contributed by atoms with Crippen LogP contribution < -0.4 is 10.6 Å². The van der Waals surface area contributed by atoms with Gasteiger partial charge < -0.3 is 9.73 Å². The molecule has 1 amide bonds. The first-order chi connectivity index (χ1) is 15.5. The Hall–Kier alpha value is -3.91. The van der Waals surface area contributed by atoms with E-state index in [9.17, 15) is 9.18 Å². The van der Waals surface area contributed by atoms with Crippen molar-refractivity contribution in [2.45, 2.75) is 13.0 Å². The highest BCUT2D eigenvalue weighted by Crippen LogP contribution is 2.37. The fourth-order valence-electron chi connectivity index (χ4n) is 3.52. The molecular formula is C23H17ClFN5O2. The van der Waals surface area contributed by atoms with Crippen molar-refractivity contribution in [2.24, 2.45) is 0 Å². The molecule has 5 rings (SSSR count). The molecule has 2 aromatic heterocycles. The predicted molar refractivity (Wildman–Crippen MR) is 119 cm³/mol. The molecule has 1 aliphatic heterocycles. The SMILES string of the molecule is Cc1ccc(C2=CC(c3c(F)cccc3Cl)n3nc(NC(=O)c4ccco4)nc3N2)cc1. The average molecular weight is 450 g/mol. The number of amides is 1. The fourth-order valence-corrected chi connectivity index (χ4v) is 3.79. The number of nitrogens with zero attached hydrogens (tertiary/aromatic N) is 3. The number of aryl methyl sites for hydroxylation is 1. The summed E-state index contributed by atoms with van der Waals surface area (Å²) in [5.41, 5.74) is 2.99. The molecule has 9 heteroatoms. The number of allylic oxidation sites excluding steroid dienone is 1. The van der Waals surface area contributed by atoms with Crippen LogP contribution in [0, 0.1) is 12.7 Å². The monoisotopic (exact) mass is 449 g/mol. The highest BCUT2D eigenvalue weighted by Gasteiger charge is 2.29. The number of hydrogen-bond donors (Lipinski definition) is 2. The third kappa shape index (κ3) is 3.65. The van der Waals surface area contributed by atoms with Crippen molar-refractivity contribution in [3.63, 3.8) is 0 Å². The number of anilines is 2. The summed E-state index contributed by atoms with van der Waals surface area (Å²) in [6.45, 7) is 2.00. The molecule has 2 N–H and O–H groups in total. The maximum Gasteiger partial charge on any atom is 0.293 e. The third-order valence-electron chi connectivity index (χ3n) is 5.09. The molecule has 4 aromatic rings.